The van der Waals surface area contributed by atoms with Crippen molar-refractivity contribution in [2.45, 2.75) is 9.79 Å². The minimum Gasteiger partial charge on any atom is -0.870 e. The first-order valence-electron chi connectivity index (χ1n) is 17.5. The first kappa shape index (κ1) is 57.1. The summed E-state index contributed by atoms with van der Waals surface area (Å²) in [4.78, 5) is 48.5. The molecule has 0 spiro atoms. The van der Waals surface area contributed by atoms with Crippen LogP contribution in [0.3, 0.4) is 0 Å². The summed E-state index contributed by atoms with van der Waals surface area (Å²) in [5, 5.41) is 82.2. The number of hydrogen-bond donors (Lipinski definition) is 6. The third kappa shape index (κ3) is 11.6. The Labute approximate surface area is 455 Å². The summed E-state index contributed by atoms with van der Waals surface area (Å²) in [5.41, 5.74) is -3.97. The van der Waals surface area contributed by atoms with Crippen LogP contribution in [0, 0.1) is 20.2 Å². The van der Waals surface area contributed by atoms with Crippen molar-refractivity contribution in [2.24, 2.45) is 20.5 Å². The number of fused-ring (bicyclic) bond motifs is 4. The molecule has 0 saturated carbocycles. The molecule has 0 atom stereocenters. The maximum atomic E-state index is 12.6. The average molecular weight is 1040 g/mol. The molecule has 6 N–H and O–H groups in total. The zero-order chi connectivity index (χ0) is 46.4. The van der Waals surface area contributed by atoms with Gasteiger partial charge in [0.15, 0.2) is 0 Å². The SMILES string of the molecule is O=c1[nH]c2ccccc2c([O-])c1N=Nc1c(O)cc(S(=O)(=O)O)c2cc([N+](=O)[O-])ccc12.O=c1[nH]c2ccccc2c([O-])c1N=Nc1c(O)cc(S(=O)(=O)O)c2cc([N+](=O)[O-])ccc12.[Co].[Na+].[Na+].[Na+]. The number of benzene rings is 6. The van der Waals surface area contributed by atoms with Gasteiger partial charge in [0.25, 0.3) is 42.7 Å². The second kappa shape index (κ2) is 22.5. The number of hydrogen-bond acceptors (Lipinski definition) is 18. The van der Waals surface area contributed by atoms with Gasteiger partial charge in [-0.2, -0.15) is 16.8 Å². The number of rotatable bonds is 8. The topological polar surface area (TPSA) is 397 Å². The second-order valence-electron chi connectivity index (χ2n) is 13.2. The second-order valence-corrected chi connectivity index (χ2v) is 15.9. The molecular formula is C38H22CoN8Na3O16S2+. The number of pyridine rings is 2. The summed E-state index contributed by atoms with van der Waals surface area (Å²) in [6.07, 6.45) is 0. The predicted octanol–water partition coefficient (Wildman–Crippen LogP) is -2.93. The van der Waals surface area contributed by atoms with Gasteiger partial charge in [-0.3, -0.25) is 38.9 Å². The Bertz CT molecular complexity index is 3520. The van der Waals surface area contributed by atoms with E-state index in [2.05, 4.69) is 30.4 Å². The molecule has 24 nitrogen and oxygen atoms in total. The van der Waals surface area contributed by atoms with E-state index in [-0.39, 0.29) is 149 Å². The molecule has 68 heavy (non-hydrogen) atoms. The maximum Gasteiger partial charge on any atom is 1.00 e. The fraction of sp³-hybridized carbons (Fsp3) is 0. The number of azo groups is 2. The molecule has 0 aliphatic rings. The Balaban J connectivity index is 0.000000340. The van der Waals surface area contributed by atoms with Crippen LogP contribution in [0.2, 0.25) is 0 Å². The largest absolute Gasteiger partial charge is 1.00 e. The Morgan fingerprint density at radius 2 is 0.809 bits per heavy atom. The first-order valence-corrected chi connectivity index (χ1v) is 20.3. The van der Waals surface area contributed by atoms with E-state index < -0.39 is 96.7 Å². The van der Waals surface area contributed by atoms with Crippen molar-refractivity contribution in [3.05, 3.63) is 138 Å². The van der Waals surface area contributed by atoms with Crippen LogP contribution in [0.4, 0.5) is 34.1 Å². The number of nitro groups is 2. The van der Waals surface area contributed by atoms with E-state index in [0.717, 1.165) is 36.4 Å². The molecule has 0 fully saturated rings. The third-order valence-corrected chi connectivity index (χ3v) is 11.0. The smallest absolute Gasteiger partial charge is 0.870 e. The Morgan fingerprint density at radius 3 is 1.13 bits per heavy atom. The molecule has 0 aliphatic heterocycles. The Hall–Kier alpha value is -5.21. The first-order chi connectivity index (χ1) is 30.1. The van der Waals surface area contributed by atoms with Crippen LogP contribution in [0.15, 0.2) is 137 Å². The minimum atomic E-state index is -4.88. The maximum absolute atomic E-state index is 12.6. The standard InChI is InChI=1S/2C19H12N4O8S.Co.3Na/c2*24-14-8-15(32(29,30)31)12-7-9(23(27)28)5-6-10(12)16(14)21-22-17-18(25)11-3-1-2-4-13(11)20-19(17)26;;;;/h2*1-8,24H,(H2,20,25,26)(H,29,30,31);;;;/q;;;3*+1/p-2. The Kier molecular flexibility index (Phi) is 18.9. The molecule has 2 heterocycles. The van der Waals surface area contributed by atoms with Crippen LogP contribution < -0.4 is 110 Å². The van der Waals surface area contributed by atoms with Gasteiger partial charge in [-0.05, 0) is 35.0 Å². The number of phenols is 2. The van der Waals surface area contributed by atoms with Crippen molar-refractivity contribution in [3.63, 3.8) is 0 Å². The molecule has 0 amide bonds. The van der Waals surface area contributed by atoms with Crippen molar-refractivity contribution in [1.29, 1.82) is 0 Å². The molecule has 30 heteroatoms. The van der Waals surface area contributed by atoms with E-state index >= 15 is 0 Å². The number of phenolic OH excluding ortho intramolecular Hbond substituents is 2. The molecular weight excluding hydrogens is 1020 g/mol. The van der Waals surface area contributed by atoms with Crippen LogP contribution in [-0.2, 0) is 37.0 Å². The summed E-state index contributed by atoms with van der Waals surface area (Å²) in [6, 6.07) is 19.7. The van der Waals surface area contributed by atoms with Crippen molar-refractivity contribution < 1.29 is 162 Å². The van der Waals surface area contributed by atoms with Gasteiger partial charge >= 0.3 is 88.7 Å². The molecule has 0 saturated heterocycles. The third-order valence-electron chi connectivity index (χ3n) is 9.25. The van der Waals surface area contributed by atoms with Gasteiger partial charge in [-0.1, -0.05) is 47.9 Å². The van der Waals surface area contributed by atoms with Crippen LogP contribution in [0.5, 0.6) is 23.0 Å². The van der Waals surface area contributed by atoms with E-state index in [1.807, 2.05) is 0 Å². The predicted molar refractivity (Wildman–Crippen MR) is 221 cm³/mol. The van der Waals surface area contributed by atoms with Crippen LogP contribution in [0.1, 0.15) is 0 Å². The average Bonchev–Trinajstić information content (AvgIpc) is 3.23. The molecule has 0 aliphatic carbocycles. The number of H-pyrrole nitrogens is 2. The van der Waals surface area contributed by atoms with Gasteiger partial charge < -0.3 is 30.4 Å². The van der Waals surface area contributed by atoms with Crippen LogP contribution >= 0.6 is 0 Å². The number of nitrogens with one attached hydrogen (secondary N) is 2. The Morgan fingerprint density at radius 1 is 0.485 bits per heavy atom. The van der Waals surface area contributed by atoms with Gasteiger partial charge in [0.1, 0.15) is 44.0 Å². The van der Waals surface area contributed by atoms with Crippen molar-refractivity contribution in [1.82, 2.24) is 9.97 Å². The number of non-ortho nitro benzene ring substituents is 2. The molecule has 2 aromatic heterocycles. The van der Waals surface area contributed by atoms with E-state index in [1.54, 1.807) is 24.3 Å². The van der Waals surface area contributed by atoms with Crippen molar-refractivity contribution in [3.8, 4) is 23.0 Å². The van der Waals surface area contributed by atoms with Crippen LogP contribution in [-0.4, -0.2) is 56.0 Å². The van der Waals surface area contributed by atoms with Crippen LogP contribution in [0.25, 0.3) is 43.4 Å². The molecule has 8 rings (SSSR count). The summed E-state index contributed by atoms with van der Waals surface area (Å²) >= 11 is 0. The quantitative estimate of drug-likeness (QED) is 0.0292. The van der Waals surface area contributed by atoms with Gasteiger partial charge in [-0.25, -0.2) is 0 Å². The fourth-order valence-corrected chi connectivity index (χ4v) is 7.77. The van der Waals surface area contributed by atoms with Crippen molar-refractivity contribution in [2.75, 3.05) is 0 Å². The van der Waals surface area contributed by atoms with Crippen molar-refractivity contribution >= 4 is 97.7 Å². The summed E-state index contributed by atoms with van der Waals surface area (Å²) in [6.45, 7) is 0. The molecule has 0 unspecified atom stereocenters. The normalized spacial score (nSPS) is 11.3. The number of aromatic amines is 2. The van der Waals surface area contributed by atoms with E-state index in [1.165, 1.54) is 24.3 Å². The number of aromatic hydroxyl groups is 2. The number of nitro benzene ring substituents is 2. The molecule has 6 aromatic carbocycles. The van der Waals surface area contributed by atoms with Gasteiger partial charge in [0.2, 0.25) is 0 Å². The summed E-state index contributed by atoms with van der Waals surface area (Å²) in [7, 11) is -9.75. The monoisotopic (exact) mass is 1040 g/mol. The number of para-hydroxylation sites is 2. The van der Waals surface area contributed by atoms with E-state index in [0.29, 0.717) is 23.2 Å². The van der Waals surface area contributed by atoms with Gasteiger partial charge in [0.05, 0.1) is 9.85 Å². The van der Waals surface area contributed by atoms with E-state index in [4.69, 9.17) is 0 Å². The fourth-order valence-electron chi connectivity index (χ4n) is 6.35. The number of aromatic nitrogens is 2. The molecule has 8 aromatic rings. The molecule has 1 radical (unpaired) electrons. The van der Waals surface area contributed by atoms with Gasteiger partial charge in [-0.15, -0.1) is 20.5 Å². The summed E-state index contributed by atoms with van der Waals surface area (Å²) < 4.78 is 65.8. The zero-order valence-electron chi connectivity index (χ0n) is 34.8. The molecule has 333 valence electrons. The minimum absolute atomic E-state index is 0. The van der Waals surface area contributed by atoms with Gasteiger partial charge in [0, 0.05) is 85.8 Å². The molecule has 0 bridgehead atoms. The zero-order valence-corrected chi connectivity index (χ0v) is 43.4. The van der Waals surface area contributed by atoms with E-state index in [9.17, 15) is 76.2 Å². The number of nitrogens with zero attached hydrogens (tertiary/aromatic N) is 6. The summed E-state index contributed by atoms with van der Waals surface area (Å²) in [5.74, 6) is -2.95.